The Morgan fingerprint density at radius 1 is 1.17 bits per heavy atom. The Morgan fingerprint density at radius 3 is 2.77 bits per heavy atom. The van der Waals surface area contributed by atoms with E-state index >= 15 is 0 Å². The average molecular weight is 407 g/mol. The van der Waals surface area contributed by atoms with Crippen molar-refractivity contribution in [2.75, 3.05) is 31.2 Å². The molecular weight excluding hydrogens is 376 g/mol. The monoisotopic (exact) mass is 406 g/mol. The van der Waals surface area contributed by atoms with Crippen LogP contribution in [-0.4, -0.2) is 45.8 Å². The van der Waals surface area contributed by atoms with E-state index in [9.17, 15) is 0 Å². The smallest absolute Gasteiger partial charge is 0.225 e. The fraction of sp³-hybridized carbons (Fsp3) is 0.522. The number of hydrogen-bond donors (Lipinski definition) is 1. The van der Waals surface area contributed by atoms with Crippen LogP contribution in [0.2, 0.25) is 0 Å². The molecule has 3 heterocycles. The molecule has 1 N–H and O–H groups in total. The zero-order chi connectivity index (χ0) is 20.7. The second-order valence-corrected chi connectivity index (χ2v) is 9.23. The molecule has 0 radical (unpaired) electrons. The van der Waals surface area contributed by atoms with E-state index in [0.717, 1.165) is 68.5 Å². The summed E-state index contributed by atoms with van der Waals surface area (Å²) in [7, 11) is 2.09. The molecule has 7 heteroatoms. The largest absolute Gasteiger partial charge is 0.378 e. The summed E-state index contributed by atoms with van der Waals surface area (Å²) in [6.45, 7) is 8.58. The van der Waals surface area contributed by atoms with Gasteiger partial charge in [-0.1, -0.05) is 26.0 Å². The first-order chi connectivity index (χ1) is 14.5. The SMILES string of the molecule is Cn1c(CNC2CC(C)(C)Cc3nc(N4CCOCC4)ncc32)nc2ccccc21. The molecule has 2 aliphatic rings. The fourth-order valence-corrected chi connectivity index (χ4v) is 4.70. The van der Waals surface area contributed by atoms with E-state index in [1.807, 2.05) is 12.3 Å². The van der Waals surface area contributed by atoms with Crippen LogP contribution in [0.5, 0.6) is 0 Å². The van der Waals surface area contributed by atoms with Gasteiger partial charge in [-0.2, -0.15) is 0 Å². The van der Waals surface area contributed by atoms with Gasteiger partial charge in [0.2, 0.25) is 5.95 Å². The zero-order valence-electron chi connectivity index (χ0n) is 18.1. The summed E-state index contributed by atoms with van der Waals surface area (Å²) in [6, 6.07) is 8.51. The molecule has 1 aromatic carbocycles. The Hall–Kier alpha value is -2.51. The van der Waals surface area contributed by atoms with Crippen LogP contribution in [0.15, 0.2) is 30.5 Å². The molecule has 0 saturated carbocycles. The van der Waals surface area contributed by atoms with Crippen LogP contribution in [0.1, 0.15) is 43.4 Å². The first-order valence-electron chi connectivity index (χ1n) is 10.8. The molecule has 0 amide bonds. The maximum absolute atomic E-state index is 5.47. The van der Waals surface area contributed by atoms with Crippen molar-refractivity contribution in [3.63, 3.8) is 0 Å². The number of nitrogens with zero attached hydrogens (tertiary/aromatic N) is 5. The number of benzene rings is 1. The van der Waals surface area contributed by atoms with Gasteiger partial charge in [0.25, 0.3) is 0 Å². The molecule has 1 aliphatic heterocycles. The third-order valence-corrected chi connectivity index (χ3v) is 6.35. The van der Waals surface area contributed by atoms with Gasteiger partial charge in [-0.25, -0.2) is 15.0 Å². The van der Waals surface area contributed by atoms with E-state index in [2.05, 4.69) is 53.9 Å². The van der Waals surface area contributed by atoms with Gasteiger partial charge in [0.15, 0.2) is 0 Å². The summed E-state index contributed by atoms with van der Waals surface area (Å²) < 4.78 is 7.65. The normalized spacial score (nSPS) is 21.0. The molecule has 3 aromatic rings. The number of fused-ring (bicyclic) bond motifs is 2. The van der Waals surface area contributed by atoms with E-state index in [1.165, 1.54) is 11.3 Å². The third-order valence-electron chi connectivity index (χ3n) is 6.35. The molecule has 1 atom stereocenters. The number of para-hydroxylation sites is 2. The zero-order valence-corrected chi connectivity index (χ0v) is 18.1. The maximum Gasteiger partial charge on any atom is 0.225 e. The molecule has 5 rings (SSSR count). The van der Waals surface area contributed by atoms with Crippen molar-refractivity contribution >= 4 is 17.0 Å². The van der Waals surface area contributed by atoms with Crippen LogP contribution in [0.4, 0.5) is 5.95 Å². The molecule has 2 aromatic heterocycles. The molecule has 7 nitrogen and oxygen atoms in total. The van der Waals surface area contributed by atoms with E-state index < -0.39 is 0 Å². The highest BCUT2D eigenvalue weighted by atomic mass is 16.5. The van der Waals surface area contributed by atoms with Crippen molar-refractivity contribution < 1.29 is 4.74 Å². The Morgan fingerprint density at radius 2 is 1.97 bits per heavy atom. The Kier molecular flexibility index (Phi) is 4.95. The highest BCUT2D eigenvalue weighted by Gasteiger charge is 2.34. The molecule has 158 valence electrons. The molecule has 0 bridgehead atoms. The van der Waals surface area contributed by atoms with Gasteiger partial charge in [0, 0.05) is 37.9 Å². The predicted octanol–water partition coefficient (Wildman–Crippen LogP) is 3.00. The van der Waals surface area contributed by atoms with Crippen LogP contribution >= 0.6 is 0 Å². The lowest BCUT2D eigenvalue weighted by atomic mass is 9.74. The molecular formula is C23H30N6O. The van der Waals surface area contributed by atoms with Gasteiger partial charge < -0.3 is 19.5 Å². The minimum Gasteiger partial charge on any atom is -0.378 e. The van der Waals surface area contributed by atoms with E-state index in [1.54, 1.807) is 0 Å². The van der Waals surface area contributed by atoms with Crippen LogP contribution in [-0.2, 0) is 24.8 Å². The maximum atomic E-state index is 5.47. The van der Waals surface area contributed by atoms with Crippen molar-refractivity contribution in [2.24, 2.45) is 12.5 Å². The summed E-state index contributed by atoms with van der Waals surface area (Å²) in [5, 5.41) is 3.75. The number of nitrogens with one attached hydrogen (secondary N) is 1. The molecule has 1 saturated heterocycles. The average Bonchev–Trinajstić information content (AvgIpc) is 3.07. The van der Waals surface area contributed by atoms with Gasteiger partial charge >= 0.3 is 0 Å². The molecule has 0 spiro atoms. The van der Waals surface area contributed by atoms with Crippen LogP contribution in [0.25, 0.3) is 11.0 Å². The summed E-state index contributed by atoms with van der Waals surface area (Å²) in [4.78, 5) is 16.8. The fourth-order valence-electron chi connectivity index (χ4n) is 4.70. The lowest BCUT2D eigenvalue weighted by Crippen LogP contribution is -2.39. The second-order valence-electron chi connectivity index (χ2n) is 9.23. The van der Waals surface area contributed by atoms with Gasteiger partial charge in [-0.15, -0.1) is 0 Å². The van der Waals surface area contributed by atoms with Gasteiger partial charge in [-0.3, -0.25) is 0 Å². The number of morpholine rings is 1. The number of hydrogen-bond acceptors (Lipinski definition) is 6. The second kappa shape index (κ2) is 7.63. The standard InChI is InChI=1S/C23H30N6O/c1-23(2)12-18(24-15-21-26-17-6-4-5-7-20(17)28(21)3)16-14-25-22(27-19(16)13-23)29-8-10-30-11-9-29/h4-7,14,18,24H,8-13,15H2,1-3H3. The van der Waals surface area contributed by atoms with Crippen molar-refractivity contribution in [3.05, 3.63) is 47.5 Å². The van der Waals surface area contributed by atoms with E-state index in [0.29, 0.717) is 0 Å². The molecule has 30 heavy (non-hydrogen) atoms. The Labute approximate surface area is 177 Å². The van der Waals surface area contributed by atoms with Crippen molar-refractivity contribution in [3.8, 4) is 0 Å². The topological polar surface area (TPSA) is 68.1 Å². The highest BCUT2D eigenvalue weighted by Crippen LogP contribution is 2.40. The van der Waals surface area contributed by atoms with Gasteiger partial charge in [0.05, 0.1) is 36.5 Å². The lowest BCUT2D eigenvalue weighted by Gasteiger charge is -2.37. The summed E-state index contributed by atoms with van der Waals surface area (Å²) in [5.74, 6) is 1.89. The minimum absolute atomic E-state index is 0.188. The number of aromatic nitrogens is 4. The van der Waals surface area contributed by atoms with Crippen molar-refractivity contribution in [1.29, 1.82) is 0 Å². The Balaban J connectivity index is 1.39. The van der Waals surface area contributed by atoms with Gasteiger partial charge in [0.1, 0.15) is 5.82 Å². The summed E-state index contributed by atoms with van der Waals surface area (Å²) in [6.07, 6.45) is 4.08. The number of anilines is 1. The van der Waals surface area contributed by atoms with Crippen LogP contribution < -0.4 is 10.2 Å². The van der Waals surface area contributed by atoms with Gasteiger partial charge in [-0.05, 0) is 30.4 Å². The van der Waals surface area contributed by atoms with Crippen molar-refractivity contribution in [1.82, 2.24) is 24.8 Å². The molecule has 1 aliphatic carbocycles. The van der Waals surface area contributed by atoms with E-state index in [-0.39, 0.29) is 11.5 Å². The quantitative estimate of drug-likeness (QED) is 0.718. The summed E-state index contributed by atoms with van der Waals surface area (Å²) >= 11 is 0. The number of ether oxygens (including phenoxy) is 1. The Bertz CT molecular complexity index is 1050. The van der Waals surface area contributed by atoms with Crippen molar-refractivity contribution in [2.45, 2.75) is 39.3 Å². The lowest BCUT2D eigenvalue weighted by molar-refractivity contribution is 0.122. The number of rotatable bonds is 4. The van der Waals surface area contributed by atoms with E-state index in [4.69, 9.17) is 19.7 Å². The van der Waals surface area contributed by atoms with Crippen LogP contribution in [0.3, 0.4) is 0 Å². The third kappa shape index (κ3) is 3.68. The summed E-state index contributed by atoms with van der Waals surface area (Å²) in [5.41, 5.74) is 4.79. The number of aryl methyl sites for hydroxylation is 1. The van der Waals surface area contributed by atoms with Crippen LogP contribution in [0, 0.1) is 5.41 Å². The first kappa shape index (κ1) is 19.5. The molecule has 1 fully saturated rings. The molecule has 1 unspecified atom stereocenters. The highest BCUT2D eigenvalue weighted by molar-refractivity contribution is 5.75. The number of imidazole rings is 1. The minimum atomic E-state index is 0.188. The predicted molar refractivity (Wildman–Crippen MR) is 117 cm³/mol. The first-order valence-corrected chi connectivity index (χ1v) is 10.8.